The van der Waals surface area contributed by atoms with Gasteiger partial charge in [0.15, 0.2) is 12.4 Å². The number of hydrogen-bond donors (Lipinski definition) is 0. The van der Waals surface area contributed by atoms with Crippen LogP contribution >= 0.6 is 0 Å². The van der Waals surface area contributed by atoms with Gasteiger partial charge in [-0.25, -0.2) is 9.59 Å². The molecule has 0 spiro atoms. The average Bonchev–Trinajstić information content (AvgIpc) is 2.71. The van der Waals surface area contributed by atoms with E-state index in [9.17, 15) is 20.0 Å². The number of rotatable bonds is 6. The van der Waals surface area contributed by atoms with E-state index in [0.717, 1.165) is 0 Å². The maximum absolute atomic E-state index is 11.9. The first-order valence-corrected chi connectivity index (χ1v) is 8.33. The third-order valence-corrected chi connectivity index (χ3v) is 3.83. The fraction of sp³-hybridized carbons (Fsp3) is 0.100. The van der Waals surface area contributed by atoms with Gasteiger partial charge in [0.25, 0.3) is 0 Å². The van der Waals surface area contributed by atoms with Gasteiger partial charge in [-0.1, -0.05) is 24.3 Å². The summed E-state index contributed by atoms with van der Waals surface area (Å²) in [6.45, 7) is -0.0119. The van der Waals surface area contributed by atoms with Gasteiger partial charge >= 0.3 is 23.3 Å². The van der Waals surface area contributed by atoms with Gasteiger partial charge in [-0.05, 0) is 23.3 Å². The smallest absolute Gasteiger partial charge is 0.405 e. The summed E-state index contributed by atoms with van der Waals surface area (Å²) in [5.41, 5.74) is 1.22. The lowest BCUT2D eigenvalue weighted by Crippen LogP contribution is -2.34. The van der Waals surface area contributed by atoms with Crippen molar-refractivity contribution in [3.8, 4) is 0 Å². The molecule has 0 aliphatic carbocycles. The predicted octanol–water partition coefficient (Wildman–Crippen LogP) is 1.67. The molecule has 142 valence electrons. The summed E-state index contributed by atoms with van der Waals surface area (Å²) in [6.07, 6.45) is 2.44. The summed E-state index contributed by atoms with van der Waals surface area (Å²) in [4.78, 5) is 23.8. The third kappa shape index (κ3) is 4.61. The highest BCUT2D eigenvalue weighted by atomic mass is 16.5. The predicted molar refractivity (Wildman–Crippen MR) is 95.5 cm³/mol. The summed E-state index contributed by atoms with van der Waals surface area (Å²) in [6, 6.07) is 15.8. The lowest BCUT2D eigenvalue weighted by molar-refractivity contribution is -0.608. The van der Waals surface area contributed by atoms with Crippen LogP contribution in [0.4, 0.5) is 0 Å². The Hall–Kier alpha value is -3.94. The standard InChI is InChI=1S/C20H16N2O6/c23-19(17-5-1-3-11-21(17)25)27-13-15-7-9-16(10-8-15)14-28-20(24)18-6-2-4-12-22(18)26/h1-12H,13-14H2. The first kappa shape index (κ1) is 18.8. The van der Waals surface area contributed by atoms with Gasteiger partial charge in [-0.15, -0.1) is 0 Å². The van der Waals surface area contributed by atoms with Crippen molar-refractivity contribution in [3.05, 3.63) is 106 Å². The Morgan fingerprint density at radius 1 is 0.679 bits per heavy atom. The zero-order chi connectivity index (χ0) is 19.9. The van der Waals surface area contributed by atoms with E-state index in [1.54, 1.807) is 36.4 Å². The second kappa shape index (κ2) is 8.63. The highest BCUT2D eigenvalue weighted by Crippen LogP contribution is 2.09. The van der Waals surface area contributed by atoms with E-state index < -0.39 is 11.9 Å². The molecule has 0 N–H and O–H groups in total. The van der Waals surface area contributed by atoms with E-state index in [-0.39, 0.29) is 24.6 Å². The molecular weight excluding hydrogens is 364 g/mol. The molecule has 3 aromatic rings. The first-order chi connectivity index (χ1) is 13.5. The molecule has 0 aliphatic rings. The Balaban J connectivity index is 1.52. The number of esters is 2. The van der Waals surface area contributed by atoms with Crippen molar-refractivity contribution < 1.29 is 28.5 Å². The summed E-state index contributed by atoms with van der Waals surface area (Å²) in [7, 11) is 0. The summed E-state index contributed by atoms with van der Waals surface area (Å²) >= 11 is 0. The lowest BCUT2D eigenvalue weighted by atomic mass is 10.1. The van der Waals surface area contributed by atoms with Crippen LogP contribution in [0.25, 0.3) is 0 Å². The molecule has 2 aromatic heterocycles. The molecule has 0 radical (unpaired) electrons. The van der Waals surface area contributed by atoms with Crippen LogP contribution in [0.5, 0.6) is 0 Å². The summed E-state index contributed by atoms with van der Waals surface area (Å²) in [5, 5.41) is 23.0. The second-order valence-corrected chi connectivity index (χ2v) is 5.79. The number of pyridine rings is 2. The molecule has 0 saturated heterocycles. The zero-order valence-electron chi connectivity index (χ0n) is 14.7. The minimum absolute atomic E-state index is 0.00596. The number of carbonyl (C=O) groups is 2. The number of hydrogen-bond acceptors (Lipinski definition) is 6. The van der Waals surface area contributed by atoms with Gasteiger partial charge < -0.3 is 19.9 Å². The molecule has 2 heterocycles. The molecule has 8 heteroatoms. The van der Waals surface area contributed by atoms with Crippen molar-refractivity contribution in [2.24, 2.45) is 0 Å². The Bertz CT molecular complexity index is 907. The van der Waals surface area contributed by atoms with E-state index in [1.165, 1.54) is 36.7 Å². The van der Waals surface area contributed by atoms with Crippen LogP contribution in [0.1, 0.15) is 32.1 Å². The Morgan fingerprint density at radius 3 is 1.43 bits per heavy atom. The number of ether oxygens (including phenoxy) is 2. The lowest BCUT2D eigenvalue weighted by Gasteiger charge is -2.07. The van der Waals surface area contributed by atoms with Gasteiger partial charge in [0, 0.05) is 24.3 Å². The minimum atomic E-state index is -0.720. The molecule has 0 bridgehead atoms. The van der Waals surface area contributed by atoms with Gasteiger partial charge in [-0.2, -0.15) is 9.46 Å². The highest BCUT2D eigenvalue weighted by molar-refractivity contribution is 5.86. The van der Waals surface area contributed by atoms with Crippen LogP contribution in [-0.2, 0) is 22.7 Å². The van der Waals surface area contributed by atoms with E-state index in [0.29, 0.717) is 20.6 Å². The molecule has 0 saturated carbocycles. The topological polar surface area (TPSA) is 106 Å². The Kier molecular flexibility index (Phi) is 5.81. The van der Waals surface area contributed by atoms with Gasteiger partial charge in [0.1, 0.15) is 13.2 Å². The molecule has 0 unspecified atom stereocenters. The number of benzene rings is 1. The van der Waals surface area contributed by atoms with Crippen molar-refractivity contribution in [2.75, 3.05) is 0 Å². The number of nitrogens with zero attached hydrogens (tertiary/aromatic N) is 2. The second-order valence-electron chi connectivity index (χ2n) is 5.79. The van der Waals surface area contributed by atoms with Crippen molar-refractivity contribution in [3.63, 3.8) is 0 Å². The van der Waals surface area contributed by atoms with Crippen LogP contribution in [-0.4, -0.2) is 11.9 Å². The molecule has 0 fully saturated rings. The molecule has 0 amide bonds. The van der Waals surface area contributed by atoms with Crippen LogP contribution in [0.15, 0.2) is 73.1 Å². The van der Waals surface area contributed by atoms with Crippen molar-refractivity contribution in [1.82, 2.24) is 0 Å². The van der Waals surface area contributed by atoms with E-state index in [2.05, 4.69) is 0 Å². The van der Waals surface area contributed by atoms with E-state index >= 15 is 0 Å². The number of aromatic nitrogens is 2. The largest absolute Gasteiger partial charge is 0.618 e. The highest BCUT2D eigenvalue weighted by Gasteiger charge is 2.17. The molecule has 8 nitrogen and oxygen atoms in total. The maximum Gasteiger partial charge on any atom is 0.405 e. The van der Waals surface area contributed by atoms with Gasteiger partial charge in [0.05, 0.1) is 0 Å². The van der Waals surface area contributed by atoms with Gasteiger partial charge in [0.2, 0.25) is 0 Å². The SMILES string of the molecule is O=C(OCc1ccc(COC(=O)c2cccc[n+]2[O-])cc1)c1cccc[n+]1[O-]. The monoisotopic (exact) mass is 380 g/mol. The maximum atomic E-state index is 11.9. The van der Waals surface area contributed by atoms with E-state index in [4.69, 9.17) is 9.47 Å². The molecule has 1 aromatic carbocycles. The third-order valence-electron chi connectivity index (χ3n) is 3.83. The van der Waals surface area contributed by atoms with E-state index in [1.807, 2.05) is 0 Å². The fourth-order valence-electron chi connectivity index (χ4n) is 2.35. The first-order valence-electron chi connectivity index (χ1n) is 8.33. The Labute approximate surface area is 160 Å². The summed E-state index contributed by atoms with van der Waals surface area (Å²) < 4.78 is 11.1. The van der Waals surface area contributed by atoms with Crippen LogP contribution in [0, 0.1) is 10.4 Å². The molecule has 3 rings (SSSR count). The average molecular weight is 380 g/mol. The van der Waals surface area contributed by atoms with Crippen LogP contribution < -0.4 is 9.46 Å². The van der Waals surface area contributed by atoms with Crippen LogP contribution in [0.3, 0.4) is 0 Å². The number of carbonyl (C=O) groups excluding carboxylic acids is 2. The van der Waals surface area contributed by atoms with Gasteiger partial charge in [-0.3, -0.25) is 0 Å². The Morgan fingerprint density at radius 2 is 1.07 bits per heavy atom. The molecular formula is C20H16N2O6. The van der Waals surface area contributed by atoms with Crippen molar-refractivity contribution >= 4 is 11.9 Å². The minimum Gasteiger partial charge on any atom is -0.618 e. The summed E-state index contributed by atoms with van der Waals surface area (Å²) in [5.74, 6) is -1.44. The fourth-order valence-corrected chi connectivity index (χ4v) is 2.35. The normalized spacial score (nSPS) is 10.3. The molecule has 0 aliphatic heterocycles. The van der Waals surface area contributed by atoms with Crippen molar-refractivity contribution in [2.45, 2.75) is 13.2 Å². The molecule has 28 heavy (non-hydrogen) atoms. The van der Waals surface area contributed by atoms with Crippen LogP contribution in [0.2, 0.25) is 0 Å². The van der Waals surface area contributed by atoms with Crippen molar-refractivity contribution in [1.29, 1.82) is 0 Å². The quantitative estimate of drug-likeness (QED) is 0.366. The zero-order valence-corrected chi connectivity index (χ0v) is 14.7. The molecule has 0 atom stereocenters.